The Morgan fingerprint density at radius 1 is 0.636 bits per heavy atom. The van der Waals surface area contributed by atoms with E-state index >= 15 is 0 Å². The van der Waals surface area contributed by atoms with Gasteiger partial charge in [-0.3, -0.25) is 0 Å². The molecule has 1 aromatic rings. The first-order valence-electron chi connectivity index (χ1n) is 12.9. The molecule has 0 N–H and O–H groups in total. The quantitative estimate of drug-likeness (QED) is 0.220. The molecule has 0 amide bonds. The molecule has 2 rings (SSSR count). The summed E-state index contributed by atoms with van der Waals surface area (Å²) in [6.07, 6.45) is 6.89. The summed E-state index contributed by atoms with van der Waals surface area (Å²) in [4.78, 5) is 0. The fourth-order valence-corrected chi connectivity index (χ4v) is 4.62. The van der Waals surface area contributed by atoms with Crippen LogP contribution in [-0.4, -0.2) is 52.9 Å². The molecule has 0 spiro atoms. The Bertz CT molecular complexity index is 708. The molecule has 0 bridgehead atoms. The Balaban J connectivity index is 1.31. The lowest BCUT2D eigenvalue weighted by Gasteiger charge is -2.15. The molecule has 0 radical (unpaired) electrons. The number of ether oxygens (including phenoxy) is 4. The summed E-state index contributed by atoms with van der Waals surface area (Å²) in [5.41, 5.74) is 7.52. The van der Waals surface area contributed by atoms with Gasteiger partial charge in [-0.2, -0.15) is 0 Å². The molecule has 0 aromatic heterocycles. The lowest BCUT2D eigenvalue weighted by Crippen LogP contribution is -2.13. The van der Waals surface area contributed by atoms with Crippen molar-refractivity contribution in [1.82, 2.24) is 0 Å². The van der Waals surface area contributed by atoms with Crippen LogP contribution in [0.5, 0.6) is 0 Å². The molecule has 1 aliphatic carbocycles. The van der Waals surface area contributed by atoms with Crippen molar-refractivity contribution in [3.63, 3.8) is 0 Å². The summed E-state index contributed by atoms with van der Waals surface area (Å²) >= 11 is 0. The summed E-state index contributed by atoms with van der Waals surface area (Å²) < 4.78 is 22.6. The lowest BCUT2D eigenvalue weighted by atomic mass is 9.93. The van der Waals surface area contributed by atoms with Crippen molar-refractivity contribution in [3.05, 3.63) is 58.2 Å². The van der Waals surface area contributed by atoms with Gasteiger partial charge in [0.15, 0.2) is 0 Å². The molecule has 1 aromatic carbocycles. The van der Waals surface area contributed by atoms with Crippen molar-refractivity contribution in [2.45, 2.75) is 66.2 Å². The average molecular weight is 459 g/mol. The summed E-state index contributed by atoms with van der Waals surface area (Å²) in [7, 11) is 0. The predicted molar refractivity (Wildman–Crippen MR) is 137 cm³/mol. The normalized spacial score (nSPS) is 16.3. The molecule has 0 aliphatic heterocycles. The second kappa shape index (κ2) is 17.0. The van der Waals surface area contributed by atoms with Crippen LogP contribution in [0.15, 0.2) is 52.6 Å². The van der Waals surface area contributed by atoms with Crippen molar-refractivity contribution in [1.29, 1.82) is 0 Å². The fraction of sp³-hybridized carbons (Fsp3) is 0.655. The Labute approximate surface area is 202 Å². The molecular formula is C29H46O4. The van der Waals surface area contributed by atoms with E-state index in [1.54, 1.807) is 5.57 Å². The van der Waals surface area contributed by atoms with E-state index in [0.29, 0.717) is 45.6 Å². The zero-order chi connectivity index (χ0) is 23.7. The van der Waals surface area contributed by atoms with Crippen LogP contribution in [-0.2, 0) is 25.4 Å². The largest absolute Gasteiger partial charge is 0.379 e. The van der Waals surface area contributed by atoms with Gasteiger partial charge in [-0.25, -0.2) is 0 Å². The minimum Gasteiger partial charge on any atom is -0.379 e. The zero-order valence-electron chi connectivity index (χ0n) is 21.5. The number of hydrogen-bond acceptors (Lipinski definition) is 4. The van der Waals surface area contributed by atoms with Gasteiger partial charge in [0.25, 0.3) is 0 Å². The Morgan fingerprint density at radius 2 is 1.21 bits per heavy atom. The van der Waals surface area contributed by atoms with Gasteiger partial charge in [0, 0.05) is 19.1 Å². The molecule has 0 heterocycles. The van der Waals surface area contributed by atoms with Gasteiger partial charge in [-0.05, 0) is 69.6 Å². The van der Waals surface area contributed by atoms with Gasteiger partial charge < -0.3 is 18.9 Å². The van der Waals surface area contributed by atoms with E-state index in [0.717, 1.165) is 38.9 Å². The maximum atomic E-state index is 5.79. The highest BCUT2D eigenvalue weighted by molar-refractivity contribution is 5.47. The van der Waals surface area contributed by atoms with E-state index in [-0.39, 0.29) is 0 Å². The highest BCUT2D eigenvalue weighted by atomic mass is 16.6. The van der Waals surface area contributed by atoms with Crippen molar-refractivity contribution in [3.8, 4) is 0 Å². The average Bonchev–Trinajstić information content (AvgIpc) is 3.04. The van der Waals surface area contributed by atoms with Crippen LogP contribution in [0.25, 0.3) is 0 Å². The number of allylic oxidation sites excluding steroid dienone is 4. The minimum atomic E-state index is 0.561. The molecule has 1 unspecified atom stereocenters. The number of hydrogen-bond donors (Lipinski definition) is 0. The molecule has 0 saturated heterocycles. The molecular weight excluding hydrogens is 412 g/mol. The first-order valence-corrected chi connectivity index (χ1v) is 12.9. The van der Waals surface area contributed by atoms with Crippen LogP contribution < -0.4 is 0 Å². The topological polar surface area (TPSA) is 36.9 Å². The van der Waals surface area contributed by atoms with Gasteiger partial charge in [-0.1, -0.05) is 54.8 Å². The van der Waals surface area contributed by atoms with Crippen LogP contribution in [0.1, 0.15) is 65.4 Å². The predicted octanol–water partition coefficient (Wildman–Crippen LogP) is 6.55. The van der Waals surface area contributed by atoms with E-state index in [1.165, 1.54) is 35.1 Å². The van der Waals surface area contributed by atoms with Gasteiger partial charge in [0.1, 0.15) is 0 Å². The van der Waals surface area contributed by atoms with Crippen LogP contribution in [0, 0.1) is 5.92 Å². The monoisotopic (exact) mass is 458 g/mol. The van der Waals surface area contributed by atoms with Crippen molar-refractivity contribution >= 4 is 0 Å². The lowest BCUT2D eigenvalue weighted by molar-refractivity contribution is -0.00280. The molecule has 0 fully saturated rings. The van der Waals surface area contributed by atoms with Crippen LogP contribution >= 0.6 is 0 Å². The number of rotatable bonds is 19. The van der Waals surface area contributed by atoms with Crippen molar-refractivity contribution < 1.29 is 18.9 Å². The highest BCUT2D eigenvalue weighted by Crippen LogP contribution is 2.39. The number of aryl methyl sites for hydroxylation is 1. The highest BCUT2D eigenvalue weighted by Gasteiger charge is 2.24. The smallest absolute Gasteiger partial charge is 0.0701 e. The summed E-state index contributed by atoms with van der Waals surface area (Å²) in [6, 6.07) is 10.7. The minimum absolute atomic E-state index is 0.561. The van der Waals surface area contributed by atoms with Crippen LogP contribution in [0.4, 0.5) is 0 Å². The molecule has 4 nitrogen and oxygen atoms in total. The number of benzene rings is 1. The standard InChI is InChI=1S/C29H46O4/c1-5-28-24(2)25(3)29(26(28)4)15-17-31-19-21-33-23-22-32-20-18-30-16-11-7-10-14-27-12-8-6-9-13-27/h6,8-9,12-13,29H,5,7,10-11,14-23H2,1-4H3. The van der Waals surface area contributed by atoms with Crippen molar-refractivity contribution in [2.75, 3.05) is 52.9 Å². The fourth-order valence-electron chi connectivity index (χ4n) is 4.62. The Hall–Kier alpha value is -1.46. The van der Waals surface area contributed by atoms with E-state index in [1.807, 2.05) is 0 Å². The van der Waals surface area contributed by atoms with Gasteiger partial charge in [-0.15, -0.1) is 0 Å². The van der Waals surface area contributed by atoms with E-state index in [2.05, 4.69) is 58.0 Å². The maximum absolute atomic E-state index is 5.79. The summed E-state index contributed by atoms with van der Waals surface area (Å²) in [6.45, 7) is 14.4. The molecule has 0 saturated carbocycles. The SMILES string of the molecule is CCC1=C(C)C(CCOCCOCCOCCOCCCCCc2ccccc2)C(C)=C1C. The van der Waals surface area contributed by atoms with Gasteiger partial charge in [0.2, 0.25) is 0 Å². The van der Waals surface area contributed by atoms with E-state index in [4.69, 9.17) is 18.9 Å². The number of unbranched alkanes of at least 4 members (excludes halogenated alkanes) is 2. The molecule has 4 heteroatoms. The molecule has 33 heavy (non-hydrogen) atoms. The zero-order valence-corrected chi connectivity index (χ0v) is 21.5. The van der Waals surface area contributed by atoms with Gasteiger partial charge >= 0.3 is 0 Å². The third kappa shape index (κ3) is 10.6. The molecule has 1 atom stereocenters. The van der Waals surface area contributed by atoms with E-state index < -0.39 is 0 Å². The first kappa shape index (κ1) is 27.8. The third-order valence-electron chi connectivity index (χ3n) is 6.68. The van der Waals surface area contributed by atoms with E-state index in [9.17, 15) is 0 Å². The second-order valence-corrected chi connectivity index (χ2v) is 8.91. The summed E-state index contributed by atoms with van der Waals surface area (Å²) in [5, 5.41) is 0. The van der Waals surface area contributed by atoms with Crippen LogP contribution in [0.3, 0.4) is 0 Å². The summed E-state index contributed by atoms with van der Waals surface area (Å²) in [5.74, 6) is 0.561. The molecule has 1 aliphatic rings. The molecule has 186 valence electrons. The van der Waals surface area contributed by atoms with Crippen molar-refractivity contribution in [2.24, 2.45) is 5.92 Å². The maximum Gasteiger partial charge on any atom is 0.0701 e. The van der Waals surface area contributed by atoms with Crippen LogP contribution in [0.2, 0.25) is 0 Å². The Kier molecular flexibility index (Phi) is 14.4. The van der Waals surface area contributed by atoms with Gasteiger partial charge in [0.05, 0.1) is 39.6 Å². The Morgan fingerprint density at radius 3 is 1.79 bits per heavy atom. The second-order valence-electron chi connectivity index (χ2n) is 8.91. The third-order valence-corrected chi connectivity index (χ3v) is 6.68. The first-order chi connectivity index (χ1) is 16.1.